The van der Waals surface area contributed by atoms with E-state index in [9.17, 15) is 14.0 Å². The summed E-state index contributed by atoms with van der Waals surface area (Å²) < 4.78 is 17.6. The average Bonchev–Trinajstić information content (AvgIpc) is 2.28. The number of ether oxygens (including phenoxy) is 1. The molecule has 0 heterocycles. The molecule has 0 radical (unpaired) electrons. The Bertz CT molecular complexity index is 432. The summed E-state index contributed by atoms with van der Waals surface area (Å²) in [5.74, 6) is -1.40. The molecule has 0 spiro atoms. The molecular formula is C12H14FNO3. The number of benzene rings is 1. The van der Waals surface area contributed by atoms with Gasteiger partial charge in [-0.25, -0.2) is 9.18 Å². The fraction of sp³-hybridized carbons (Fsp3) is 0.333. The molecule has 0 atom stereocenters. The largest absolute Gasteiger partial charge is 0.465 e. The van der Waals surface area contributed by atoms with Crippen molar-refractivity contribution in [1.29, 1.82) is 0 Å². The number of amides is 1. The van der Waals surface area contributed by atoms with Crippen molar-refractivity contribution in [3.05, 3.63) is 29.6 Å². The van der Waals surface area contributed by atoms with Gasteiger partial charge in [0.25, 0.3) is 0 Å². The summed E-state index contributed by atoms with van der Waals surface area (Å²) >= 11 is 0. The van der Waals surface area contributed by atoms with Crippen LogP contribution in [-0.2, 0) is 9.53 Å². The van der Waals surface area contributed by atoms with Crippen molar-refractivity contribution in [1.82, 2.24) is 0 Å². The van der Waals surface area contributed by atoms with Gasteiger partial charge in [0.05, 0.1) is 18.4 Å². The minimum atomic E-state index is -0.614. The van der Waals surface area contributed by atoms with E-state index in [4.69, 9.17) is 0 Å². The summed E-state index contributed by atoms with van der Waals surface area (Å²) in [5.41, 5.74) is 0.272. The average molecular weight is 239 g/mol. The normalized spacial score (nSPS) is 9.82. The van der Waals surface area contributed by atoms with Crippen LogP contribution in [0, 0.1) is 5.82 Å². The Morgan fingerprint density at radius 2 is 2.12 bits per heavy atom. The van der Waals surface area contributed by atoms with E-state index >= 15 is 0 Å². The number of carbonyl (C=O) groups is 2. The van der Waals surface area contributed by atoms with Crippen LogP contribution >= 0.6 is 0 Å². The second-order valence-electron chi connectivity index (χ2n) is 3.48. The number of rotatable bonds is 4. The first-order chi connectivity index (χ1) is 8.08. The summed E-state index contributed by atoms with van der Waals surface area (Å²) in [6.45, 7) is 1.85. The third-order valence-electron chi connectivity index (χ3n) is 2.14. The van der Waals surface area contributed by atoms with Gasteiger partial charge in [-0.1, -0.05) is 6.92 Å². The molecule has 0 fully saturated rings. The van der Waals surface area contributed by atoms with Crippen molar-refractivity contribution in [3.63, 3.8) is 0 Å². The predicted molar refractivity (Wildman–Crippen MR) is 61.3 cm³/mol. The summed E-state index contributed by atoms with van der Waals surface area (Å²) in [5, 5.41) is 2.49. The lowest BCUT2D eigenvalue weighted by atomic mass is 10.1. The zero-order valence-corrected chi connectivity index (χ0v) is 9.75. The first-order valence-electron chi connectivity index (χ1n) is 5.26. The van der Waals surface area contributed by atoms with Gasteiger partial charge in [0.2, 0.25) is 5.91 Å². The molecular weight excluding hydrogens is 225 g/mol. The van der Waals surface area contributed by atoms with Crippen LogP contribution in [0.25, 0.3) is 0 Å². The van der Waals surface area contributed by atoms with Crippen LogP contribution in [0.3, 0.4) is 0 Å². The van der Waals surface area contributed by atoms with E-state index in [1.54, 1.807) is 0 Å². The van der Waals surface area contributed by atoms with Crippen LogP contribution < -0.4 is 5.32 Å². The maximum Gasteiger partial charge on any atom is 0.339 e. The quantitative estimate of drug-likeness (QED) is 0.820. The topological polar surface area (TPSA) is 55.4 Å². The van der Waals surface area contributed by atoms with Crippen molar-refractivity contribution in [2.45, 2.75) is 19.8 Å². The lowest BCUT2D eigenvalue weighted by molar-refractivity contribution is -0.116. The third-order valence-corrected chi connectivity index (χ3v) is 2.14. The number of esters is 1. The SMILES string of the molecule is CCCC(=O)Nc1cc(F)ccc1C(=O)OC. The van der Waals surface area contributed by atoms with Gasteiger partial charge in [-0.2, -0.15) is 0 Å². The molecule has 0 aliphatic carbocycles. The maximum absolute atomic E-state index is 13.0. The molecule has 1 amide bonds. The van der Waals surface area contributed by atoms with Gasteiger partial charge in [0, 0.05) is 6.42 Å². The Hall–Kier alpha value is -1.91. The van der Waals surface area contributed by atoms with Crippen molar-refractivity contribution in [2.24, 2.45) is 0 Å². The van der Waals surface area contributed by atoms with Crippen LogP contribution in [0.1, 0.15) is 30.1 Å². The standard InChI is InChI=1S/C12H14FNO3/c1-3-4-11(15)14-10-7-8(13)5-6-9(10)12(16)17-2/h5-7H,3-4H2,1-2H3,(H,14,15). The van der Waals surface area contributed by atoms with Gasteiger partial charge < -0.3 is 10.1 Å². The molecule has 17 heavy (non-hydrogen) atoms. The maximum atomic E-state index is 13.0. The zero-order valence-electron chi connectivity index (χ0n) is 9.75. The number of carbonyl (C=O) groups excluding carboxylic acids is 2. The summed E-state index contributed by atoms with van der Waals surface area (Å²) in [6.07, 6.45) is 0.992. The third kappa shape index (κ3) is 3.55. The van der Waals surface area contributed by atoms with Crippen LogP contribution in [0.5, 0.6) is 0 Å². The number of hydrogen-bond donors (Lipinski definition) is 1. The highest BCUT2D eigenvalue weighted by atomic mass is 19.1. The Morgan fingerprint density at radius 1 is 1.41 bits per heavy atom. The highest BCUT2D eigenvalue weighted by Gasteiger charge is 2.14. The molecule has 0 aliphatic rings. The van der Waals surface area contributed by atoms with Gasteiger partial charge in [-0.15, -0.1) is 0 Å². The number of halogens is 1. The van der Waals surface area contributed by atoms with Crippen molar-refractivity contribution in [3.8, 4) is 0 Å². The van der Waals surface area contributed by atoms with E-state index in [2.05, 4.69) is 10.1 Å². The van der Waals surface area contributed by atoms with Crippen molar-refractivity contribution < 1.29 is 18.7 Å². The first-order valence-corrected chi connectivity index (χ1v) is 5.26. The Morgan fingerprint density at radius 3 is 2.71 bits per heavy atom. The second kappa shape index (κ2) is 5.98. The molecule has 1 N–H and O–H groups in total. The molecule has 1 aromatic carbocycles. The summed E-state index contributed by atoms with van der Waals surface area (Å²) in [4.78, 5) is 22.8. The number of anilines is 1. The van der Waals surface area contributed by atoms with E-state index in [0.717, 1.165) is 12.1 Å². The number of nitrogens with one attached hydrogen (secondary N) is 1. The molecule has 0 aliphatic heterocycles. The van der Waals surface area contributed by atoms with Gasteiger partial charge >= 0.3 is 5.97 Å². The lowest BCUT2D eigenvalue weighted by Gasteiger charge is -2.09. The lowest BCUT2D eigenvalue weighted by Crippen LogP contribution is -2.15. The van der Waals surface area contributed by atoms with Crippen molar-refractivity contribution in [2.75, 3.05) is 12.4 Å². The van der Waals surface area contributed by atoms with Gasteiger partial charge in [0.15, 0.2) is 0 Å². The molecule has 1 aromatic rings. The first kappa shape index (κ1) is 13.2. The van der Waals surface area contributed by atoms with E-state index in [1.165, 1.54) is 13.2 Å². The second-order valence-corrected chi connectivity index (χ2v) is 3.48. The van der Waals surface area contributed by atoms with Gasteiger partial charge in [-0.05, 0) is 24.6 Å². The fourth-order valence-corrected chi connectivity index (χ4v) is 1.35. The van der Waals surface area contributed by atoms with Gasteiger partial charge in [0.1, 0.15) is 5.82 Å². The number of hydrogen-bond acceptors (Lipinski definition) is 3. The van der Waals surface area contributed by atoms with Crippen LogP contribution in [0.2, 0.25) is 0 Å². The fourth-order valence-electron chi connectivity index (χ4n) is 1.35. The van der Waals surface area contributed by atoms with Crippen LogP contribution in [0.15, 0.2) is 18.2 Å². The Labute approximate surface area is 98.8 Å². The summed E-state index contributed by atoms with van der Waals surface area (Å²) in [6, 6.07) is 3.52. The molecule has 1 rings (SSSR count). The number of methoxy groups -OCH3 is 1. The van der Waals surface area contributed by atoms with E-state index in [-0.39, 0.29) is 17.2 Å². The predicted octanol–water partition coefficient (Wildman–Crippen LogP) is 2.35. The molecule has 0 bridgehead atoms. The van der Waals surface area contributed by atoms with E-state index < -0.39 is 11.8 Å². The van der Waals surface area contributed by atoms with E-state index in [1.807, 2.05) is 6.92 Å². The zero-order chi connectivity index (χ0) is 12.8. The molecule has 0 saturated carbocycles. The minimum Gasteiger partial charge on any atom is -0.465 e. The highest BCUT2D eigenvalue weighted by molar-refractivity contribution is 6.01. The molecule has 0 unspecified atom stereocenters. The van der Waals surface area contributed by atoms with Crippen LogP contribution in [0.4, 0.5) is 10.1 Å². The van der Waals surface area contributed by atoms with Gasteiger partial charge in [-0.3, -0.25) is 4.79 Å². The minimum absolute atomic E-state index is 0.135. The smallest absolute Gasteiger partial charge is 0.339 e. The molecule has 5 heteroatoms. The van der Waals surface area contributed by atoms with E-state index in [0.29, 0.717) is 12.8 Å². The summed E-state index contributed by atoms with van der Waals surface area (Å²) in [7, 11) is 1.23. The molecule has 92 valence electrons. The monoisotopic (exact) mass is 239 g/mol. The Kier molecular flexibility index (Phi) is 4.63. The molecule has 4 nitrogen and oxygen atoms in total. The molecule has 0 saturated heterocycles. The van der Waals surface area contributed by atoms with Crippen LogP contribution in [-0.4, -0.2) is 19.0 Å². The highest BCUT2D eigenvalue weighted by Crippen LogP contribution is 2.18. The van der Waals surface area contributed by atoms with Crippen molar-refractivity contribution >= 4 is 17.6 Å². The Balaban J connectivity index is 2.99. The molecule has 0 aromatic heterocycles.